The molecule has 1 N–H and O–H groups in total. The highest BCUT2D eigenvalue weighted by Gasteiger charge is 2.37. The predicted molar refractivity (Wildman–Crippen MR) is 108 cm³/mol. The minimum Gasteiger partial charge on any atom is -0.493 e. The molecule has 3 nitrogen and oxygen atoms in total. The Balaban J connectivity index is 1.55. The molecule has 0 radical (unpaired) electrons. The molecule has 3 heteroatoms. The molecular weight excluding hydrogens is 336 g/mol. The molecule has 0 aliphatic heterocycles. The Morgan fingerprint density at radius 1 is 1.19 bits per heavy atom. The van der Waals surface area contributed by atoms with E-state index in [-0.39, 0.29) is 12.3 Å². The average Bonchev–Trinajstić information content (AvgIpc) is 2.67. The van der Waals surface area contributed by atoms with Crippen molar-refractivity contribution in [3.63, 3.8) is 0 Å². The number of hydrogen-bond acceptors (Lipinski definition) is 2. The average molecular weight is 369 g/mol. The monoisotopic (exact) mass is 368 g/mol. The predicted octanol–water partition coefficient (Wildman–Crippen LogP) is 5.79. The van der Waals surface area contributed by atoms with E-state index in [9.17, 15) is 4.79 Å². The largest absolute Gasteiger partial charge is 0.493 e. The standard InChI is InChI=1S/C24H32O3/c1-2-7-21(16-23(25)26)20-9-11-22(12-10-20)27-18-19-8-6-15-24(17-19)13-4-3-5-14-24/h9-12,19,21H,3-6,8,13-18H2,1H3,(H,25,26)/t19?,21-/m1/s1. The number of hydrogen-bond donors (Lipinski definition) is 1. The first kappa shape index (κ1) is 19.8. The Morgan fingerprint density at radius 2 is 1.89 bits per heavy atom. The third kappa shape index (κ3) is 5.51. The van der Waals surface area contributed by atoms with E-state index in [1.807, 2.05) is 24.3 Å². The number of carboxylic acids is 1. The van der Waals surface area contributed by atoms with E-state index >= 15 is 0 Å². The van der Waals surface area contributed by atoms with Gasteiger partial charge in [0.1, 0.15) is 5.75 Å². The molecule has 2 aliphatic carbocycles. The van der Waals surface area contributed by atoms with Gasteiger partial charge < -0.3 is 9.84 Å². The maximum Gasteiger partial charge on any atom is 0.304 e. The lowest BCUT2D eigenvalue weighted by molar-refractivity contribution is -0.137. The Bertz CT molecular complexity index is 668. The van der Waals surface area contributed by atoms with Crippen LogP contribution in [0.25, 0.3) is 0 Å². The smallest absolute Gasteiger partial charge is 0.304 e. The van der Waals surface area contributed by atoms with Crippen molar-refractivity contribution in [2.24, 2.45) is 11.3 Å². The third-order valence-corrected chi connectivity index (χ3v) is 6.42. The van der Waals surface area contributed by atoms with E-state index in [0.717, 1.165) is 17.9 Å². The van der Waals surface area contributed by atoms with Gasteiger partial charge in [0, 0.05) is 0 Å². The highest BCUT2D eigenvalue weighted by molar-refractivity contribution is 5.69. The molecule has 1 unspecified atom stereocenters. The SMILES string of the molecule is CC#C[C@H](CC(=O)O)c1ccc(OCC2CCCC3(CCCCC3)C2)cc1. The van der Waals surface area contributed by atoms with Crippen molar-refractivity contribution < 1.29 is 14.6 Å². The van der Waals surface area contributed by atoms with E-state index in [1.54, 1.807) is 6.92 Å². The molecule has 0 amide bonds. The van der Waals surface area contributed by atoms with Crippen LogP contribution in [0.2, 0.25) is 0 Å². The second-order valence-electron chi connectivity index (χ2n) is 8.45. The Hall–Kier alpha value is -1.95. The summed E-state index contributed by atoms with van der Waals surface area (Å²) in [5, 5.41) is 9.07. The lowest BCUT2D eigenvalue weighted by Gasteiger charge is -2.43. The van der Waals surface area contributed by atoms with Crippen LogP contribution in [-0.4, -0.2) is 17.7 Å². The molecule has 1 aromatic rings. The molecule has 2 atom stereocenters. The van der Waals surface area contributed by atoms with Crippen molar-refractivity contribution in [3.05, 3.63) is 29.8 Å². The van der Waals surface area contributed by atoms with Gasteiger partial charge in [0.05, 0.1) is 18.9 Å². The van der Waals surface area contributed by atoms with Crippen LogP contribution >= 0.6 is 0 Å². The van der Waals surface area contributed by atoms with Crippen LogP contribution in [0.4, 0.5) is 0 Å². The number of carbonyl (C=O) groups is 1. The fraction of sp³-hybridized carbons (Fsp3) is 0.625. The van der Waals surface area contributed by atoms with Gasteiger partial charge in [0.25, 0.3) is 0 Å². The zero-order chi connectivity index (χ0) is 19.1. The normalized spacial score (nSPS) is 22.5. The van der Waals surface area contributed by atoms with E-state index in [0.29, 0.717) is 11.3 Å². The van der Waals surface area contributed by atoms with Crippen molar-refractivity contribution in [1.29, 1.82) is 0 Å². The third-order valence-electron chi connectivity index (χ3n) is 6.42. The summed E-state index contributed by atoms with van der Waals surface area (Å²) < 4.78 is 6.10. The van der Waals surface area contributed by atoms with Gasteiger partial charge in [0.15, 0.2) is 0 Å². The van der Waals surface area contributed by atoms with E-state index < -0.39 is 5.97 Å². The highest BCUT2D eigenvalue weighted by Crippen LogP contribution is 2.49. The fourth-order valence-corrected chi connectivity index (χ4v) is 5.09. The van der Waals surface area contributed by atoms with Crippen LogP contribution < -0.4 is 4.74 Å². The number of aliphatic carboxylic acids is 1. The summed E-state index contributed by atoms with van der Waals surface area (Å²) in [5.41, 5.74) is 1.55. The minimum atomic E-state index is -0.822. The summed E-state index contributed by atoms with van der Waals surface area (Å²) in [4.78, 5) is 11.0. The first-order valence-corrected chi connectivity index (χ1v) is 10.5. The summed E-state index contributed by atoms with van der Waals surface area (Å²) in [6.45, 7) is 2.55. The first-order chi connectivity index (χ1) is 13.1. The van der Waals surface area contributed by atoms with Gasteiger partial charge in [-0.3, -0.25) is 4.79 Å². The van der Waals surface area contributed by atoms with Crippen molar-refractivity contribution in [3.8, 4) is 17.6 Å². The van der Waals surface area contributed by atoms with Gasteiger partial charge in [-0.2, -0.15) is 0 Å². The Kier molecular flexibility index (Phi) is 6.83. The lowest BCUT2D eigenvalue weighted by atomic mass is 9.63. The van der Waals surface area contributed by atoms with Gasteiger partial charge >= 0.3 is 5.97 Å². The molecular formula is C24H32O3. The van der Waals surface area contributed by atoms with E-state index in [1.165, 1.54) is 57.8 Å². The molecule has 2 saturated carbocycles. The zero-order valence-corrected chi connectivity index (χ0v) is 16.5. The summed E-state index contributed by atoms with van der Waals surface area (Å²) in [6.07, 6.45) is 12.5. The number of benzene rings is 1. The fourth-order valence-electron chi connectivity index (χ4n) is 5.09. The van der Waals surface area contributed by atoms with Gasteiger partial charge in [0.2, 0.25) is 0 Å². The Morgan fingerprint density at radius 3 is 2.56 bits per heavy atom. The molecule has 1 spiro atoms. The molecule has 0 bridgehead atoms. The number of rotatable bonds is 6. The van der Waals surface area contributed by atoms with E-state index in [4.69, 9.17) is 9.84 Å². The molecule has 2 fully saturated rings. The molecule has 2 aliphatic rings. The highest BCUT2D eigenvalue weighted by atomic mass is 16.5. The summed E-state index contributed by atoms with van der Waals surface area (Å²) >= 11 is 0. The van der Waals surface area contributed by atoms with Crippen molar-refractivity contribution >= 4 is 5.97 Å². The molecule has 0 aromatic heterocycles. The topological polar surface area (TPSA) is 46.5 Å². The number of ether oxygens (including phenoxy) is 1. The van der Waals surface area contributed by atoms with Gasteiger partial charge in [-0.25, -0.2) is 0 Å². The number of carboxylic acid groups (broad SMARTS) is 1. The Labute approximate surface area is 163 Å². The van der Waals surface area contributed by atoms with Gasteiger partial charge in [-0.15, -0.1) is 5.92 Å². The van der Waals surface area contributed by atoms with Crippen molar-refractivity contribution in [1.82, 2.24) is 0 Å². The van der Waals surface area contributed by atoms with Crippen LogP contribution in [0.15, 0.2) is 24.3 Å². The van der Waals surface area contributed by atoms with Gasteiger partial charge in [-0.1, -0.05) is 43.7 Å². The van der Waals surface area contributed by atoms with Crippen LogP contribution in [0, 0.1) is 23.2 Å². The van der Waals surface area contributed by atoms with Crippen LogP contribution in [0.1, 0.15) is 82.6 Å². The van der Waals surface area contributed by atoms with Crippen molar-refractivity contribution in [2.75, 3.05) is 6.61 Å². The molecule has 146 valence electrons. The van der Waals surface area contributed by atoms with Crippen molar-refractivity contribution in [2.45, 2.75) is 77.0 Å². The van der Waals surface area contributed by atoms with Crippen LogP contribution in [0.5, 0.6) is 5.75 Å². The maximum atomic E-state index is 11.0. The molecule has 0 heterocycles. The summed E-state index contributed by atoms with van der Waals surface area (Å²) in [7, 11) is 0. The molecule has 27 heavy (non-hydrogen) atoms. The summed E-state index contributed by atoms with van der Waals surface area (Å²) in [6, 6.07) is 7.83. The van der Waals surface area contributed by atoms with Gasteiger partial charge in [-0.05, 0) is 68.1 Å². The maximum absolute atomic E-state index is 11.0. The minimum absolute atomic E-state index is 0.0329. The summed E-state index contributed by atoms with van der Waals surface area (Å²) in [5.74, 6) is 6.30. The first-order valence-electron chi connectivity index (χ1n) is 10.5. The second-order valence-corrected chi connectivity index (χ2v) is 8.45. The second kappa shape index (κ2) is 9.31. The molecule has 3 rings (SSSR count). The lowest BCUT2D eigenvalue weighted by Crippen LogP contribution is -2.33. The van der Waals surface area contributed by atoms with E-state index in [2.05, 4.69) is 11.8 Å². The quantitative estimate of drug-likeness (QED) is 0.647. The molecule has 0 saturated heterocycles. The van der Waals surface area contributed by atoms with Crippen LogP contribution in [0.3, 0.4) is 0 Å². The van der Waals surface area contributed by atoms with Crippen LogP contribution in [-0.2, 0) is 4.79 Å². The molecule has 1 aromatic carbocycles. The zero-order valence-electron chi connectivity index (χ0n) is 16.5.